The molecule has 0 radical (unpaired) electrons. The molecule has 2 heterocycles. The Kier molecular flexibility index (Phi) is 3.90. The standard InChI is InChI=1S/C13H18N2O4/c1-7-5-9(6-8(2)18-7)19-12-10(14)3-4-11(15-12)13(16)17/h3-4,7-9H,5-6,14H2,1-2H3,(H,16,17). The number of pyridine rings is 1. The Morgan fingerprint density at radius 3 is 2.63 bits per heavy atom. The van der Waals surface area contributed by atoms with Gasteiger partial charge in [0.15, 0.2) is 5.69 Å². The number of rotatable bonds is 3. The smallest absolute Gasteiger partial charge is 0.354 e. The van der Waals surface area contributed by atoms with Gasteiger partial charge in [-0.25, -0.2) is 9.78 Å². The lowest BCUT2D eigenvalue weighted by atomic mass is 10.0. The Hall–Kier alpha value is -1.82. The van der Waals surface area contributed by atoms with Gasteiger partial charge in [0.05, 0.1) is 17.9 Å². The zero-order valence-corrected chi connectivity index (χ0v) is 11.0. The molecule has 0 bridgehead atoms. The molecule has 0 saturated carbocycles. The summed E-state index contributed by atoms with van der Waals surface area (Å²) in [5, 5.41) is 8.91. The first-order valence-corrected chi connectivity index (χ1v) is 6.27. The molecule has 2 unspecified atom stereocenters. The minimum absolute atomic E-state index is 0.0578. The summed E-state index contributed by atoms with van der Waals surface area (Å²) in [4.78, 5) is 14.8. The molecule has 1 aromatic heterocycles. The Labute approximate surface area is 111 Å². The number of aromatic nitrogens is 1. The van der Waals surface area contributed by atoms with E-state index in [0.29, 0.717) is 5.69 Å². The van der Waals surface area contributed by atoms with Crippen molar-refractivity contribution in [2.75, 3.05) is 5.73 Å². The normalized spacial score (nSPS) is 26.9. The highest BCUT2D eigenvalue weighted by molar-refractivity contribution is 5.86. The van der Waals surface area contributed by atoms with Crippen molar-refractivity contribution in [3.05, 3.63) is 17.8 Å². The van der Waals surface area contributed by atoms with Crippen LogP contribution in [0.2, 0.25) is 0 Å². The lowest BCUT2D eigenvalue weighted by Crippen LogP contribution is -2.36. The lowest BCUT2D eigenvalue weighted by Gasteiger charge is -2.32. The summed E-state index contributed by atoms with van der Waals surface area (Å²) < 4.78 is 11.4. The number of anilines is 1. The average Bonchev–Trinajstić information content (AvgIpc) is 2.30. The fourth-order valence-electron chi connectivity index (χ4n) is 2.26. The van der Waals surface area contributed by atoms with Crippen LogP contribution in [0, 0.1) is 0 Å². The molecule has 0 spiro atoms. The quantitative estimate of drug-likeness (QED) is 0.864. The number of hydrogen-bond acceptors (Lipinski definition) is 5. The van der Waals surface area contributed by atoms with Crippen molar-refractivity contribution in [3.8, 4) is 5.88 Å². The topological polar surface area (TPSA) is 94.7 Å². The van der Waals surface area contributed by atoms with Gasteiger partial charge in [-0.2, -0.15) is 0 Å². The third-order valence-corrected chi connectivity index (χ3v) is 3.04. The molecule has 6 heteroatoms. The largest absolute Gasteiger partial charge is 0.477 e. The van der Waals surface area contributed by atoms with Gasteiger partial charge in [-0.3, -0.25) is 0 Å². The number of nitrogens with zero attached hydrogens (tertiary/aromatic N) is 1. The van der Waals surface area contributed by atoms with Crippen LogP contribution in [0.25, 0.3) is 0 Å². The molecule has 0 aliphatic carbocycles. The average molecular weight is 266 g/mol. The van der Waals surface area contributed by atoms with Crippen molar-refractivity contribution in [2.45, 2.75) is 45.0 Å². The number of carbonyl (C=O) groups is 1. The fourth-order valence-corrected chi connectivity index (χ4v) is 2.26. The molecule has 1 fully saturated rings. The minimum atomic E-state index is -1.10. The van der Waals surface area contributed by atoms with Gasteiger partial charge in [-0.15, -0.1) is 0 Å². The third-order valence-electron chi connectivity index (χ3n) is 3.04. The Balaban J connectivity index is 2.13. The Bertz CT molecular complexity index is 468. The fraction of sp³-hybridized carbons (Fsp3) is 0.538. The zero-order valence-electron chi connectivity index (χ0n) is 11.0. The number of carboxylic acids is 1. The van der Waals surface area contributed by atoms with Crippen molar-refractivity contribution in [1.82, 2.24) is 4.98 Å². The lowest BCUT2D eigenvalue weighted by molar-refractivity contribution is -0.0728. The highest BCUT2D eigenvalue weighted by atomic mass is 16.5. The van der Waals surface area contributed by atoms with Crippen LogP contribution in [0.4, 0.5) is 5.69 Å². The third kappa shape index (κ3) is 3.35. The number of aromatic carboxylic acids is 1. The van der Waals surface area contributed by atoms with Crippen molar-refractivity contribution in [3.63, 3.8) is 0 Å². The first-order valence-electron chi connectivity index (χ1n) is 6.27. The number of nitrogens with two attached hydrogens (primary N) is 1. The van der Waals surface area contributed by atoms with E-state index in [4.69, 9.17) is 20.3 Å². The van der Waals surface area contributed by atoms with Gasteiger partial charge in [0.1, 0.15) is 6.10 Å². The molecule has 3 N–H and O–H groups in total. The van der Waals surface area contributed by atoms with Gasteiger partial charge in [0.25, 0.3) is 0 Å². The van der Waals surface area contributed by atoms with Crippen LogP contribution in [0.15, 0.2) is 12.1 Å². The molecule has 1 aliphatic rings. The Morgan fingerprint density at radius 1 is 1.42 bits per heavy atom. The maximum absolute atomic E-state index is 10.9. The highest BCUT2D eigenvalue weighted by Gasteiger charge is 2.26. The van der Waals surface area contributed by atoms with Gasteiger partial charge in [-0.1, -0.05) is 0 Å². The molecule has 2 atom stereocenters. The SMILES string of the molecule is CC1CC(Oc2nc(C(=O)O)ccc2N)CC(C)O1. The number of carboxylic acid groups (broad SMARTS) is 1. The van der Waals surface area contributed by atoms with Crippen molar-refractivity contribution >= 4 is 11.7 Å². The van der Waals surface area contributed by atoms with E-state index in [-0.39, 0.29) is 29.9 Å². The molecule has 104 valence electrons. The maximum Gasteiger partial charge on any atom is 0.354 e. The molecule has 0 aromatic carbocycles. The first kappa shape index (κ1) is 13.6. The van der Waals surface area contributed by atoms with Crippen LogP contribution < -0.4 is 10.5 Å². The van der Waals surface area contributed by atoms with Crippen molar-refractivity contribution in [2.24, 2.45) is 0 Å². The number of hydrogen-bond donors (Lipinski definition) is 2. The number of nitrogen functional groups attached to an aromatic ring is 1. The summed E-state index contributed by atoms with van der Waals surface area (Å²) in [5.41, 5.74) is 6.04. The molecule has 0 amide bonds. The summed E-state index contributed by atoms with van der Waals surface area (Å²) >= 11 is 0. The van der Waals surface area contributed by atoms with E-state index in [1.54, 1.807) is 0 Å². The van der Waals surface area contributed by atoms with E-state index < -0.39 is 5.97 Å². The minimum Gasteiger partial charge on any atom is -0.477 e. The van der Waals surface area contributed by atoms with Gasteiger partial charge in [0.2, 0.25) is 5.88 Å². The summed E-state index contributed by atoms with van der Waals surface area (Å²) in [7, 11) is 0. The maximum atomic E-state index is 10.9. The summed E-state index contributed by atoms with van der Waals surface area (Å²) in [6.07, 6.45) is 1.64. The van der Waals surface area contributed by atoms with Gasteiger partial charge in [0, 0.05) is 12.8 Å². The second-order valence-corrected chi connectivity index (χ2v) is 4.86. The van der Waals surface area contributed by atoms with Crippen LogP contribution in [0.3, 0.4) is 0 Å². The van der Waals surface area contributed by atoms with Crippen LogP contribution in [0.1, 0.15) is 37.2 Å². The van der Waals surface area contributed by atoms with Gasteiger partial charge in [-0.05, 0) is 26.0 Å². The first-order chi connectivity index (χ1) is 8.95. The second-order valence-electron chi connectivity index (χ2n) is 4.86. The predicted octanol–water partition coefficient (Wildman–Crippen LogP) is 1.70. The molecule has 2 rings (SSSR count). The van der Waals surface area contributed by atoms with Crippen LogP contribution >= 0.6 is 0 Å². The Morgan fingerprint density at radius 2 is 2.05 bits per heavy atom. The highest BCUT2D eigenvalue weighted by Crippen LogP contribution is 2.26. The van der Waals surface area contributed by atoms with Gasteiger partial charge < -0.3 is 20.3 Å². The van der Waals surface area contributed by atoms with E-state index in [1.807, 2.05) is 13.8 Å². The van der Waals surface area contributed by atoms with Crippen molar-refractivity contribution in [1.29, 1.82) is 0 Å². The predicted molar refractivity (Wildman–Crippen MR) is 69.3 cm³/mol. The van der Waals surface area contributed by atoms with Crippen LogP contribution in [-0.4, -0.2) is 34.4 Å². The summed E-state index contributed by atoms with van der Waals surface area (Å²) in [6.45, 7) is 3.97. The number of ether oxygens (including phenoxy) is 2. The van der Waals surface area contributed by atoms with Crippen LogP contribution in [0.5, 0.6) is 5.88 Å². The summed E-state index contributed by atoms with van der Waals surface area (Å²) in [5.74, 6) is -0.912. The monoisotopic (exact) mass is 266 g/mol. The molecule has 6 nitrogen and oxygen atoms in total. The molecular formula is C13H18N2O4. The van der Waals surface area contributed by atoms with Crippen molar-refractivity contribution < 1.29 is 19.4 Å². The summed E-state index contributed by atoms with van der Waals surface area (Å²) in [6, 6.07) is 2.86. The van der Waals surface area contributed by atoms with E-state index in [0.717, 1.165) is 12.8 Å². The van der Waals surface area contributed by atoms with E-state index in [1.165, 1.54) is 12.1 Å². The van der Waals surface area contributed by atoms with E-state index >= 15 is 0 Å². The second kappa shape index (κ2) is 5.44. The molecule has 1 aliphatic heterocycles. The van der Waals surface area contributed by atoms with Gasteiger partial charge >= 0.3 is 5.97 Å². The molecule has 1 aromatic rings. The molecule has 1 saturated heterocycles. The van der Waals surface area contributed by atoms with E-state index in [2.05, 4.69) is 4.98 Å². The van der Waals surface area contributed by atoms with Crippen LogP contribution in [-0.2, 0) is 4.74 Å². The van der Waals surface area contributed by atoms with E-state index in [9.17, 15) is 4.79 Å². The molecule has 19 heavy (non-hydrogen) atoms. The molecular weight excluding hydrogens is 248 g/mol. The zero-order chi connectivity index (χ0) is 14.0.